The number of esters is 1. The van der Waals surface area contributed by atoms with Crippen molar-refractivity contribution in [3.8, 4) is 0 Å². The minimum atomic E-state index is -1.26. The van der Waals surface area contributed by atoms with Gasteiger partial charge in [-0.3, -0.25) is 9.59 Å². The van der Waals surface area contributed by atoms with Crippen molar-refractivity contribution in [1.82, 2.24) is 5.32 Å². The lowest BCUT2D eigenvalue weighted by atomic mass is 10.2. The number of thioether (sulfide) groups is 1. The van der Waals surface area contributed by atoms with E-state index in [9.17, 15) is 19.2 Å². The molecule has 0 aliphatic carbocycles. The molecule has 0 aromatic carbocycles. The maximum atomic E-state index is 11.6. The number of rotatable bonds is 7. The standard InChI is InChI=1S/C12H19NO7S/c1-6(2)11(19-8(4)15)20-12(18)21-5-9(10(16)17)13-7(3)14/h6,9,11H,5H2,1-4H3,(H,13,14)(H,16,17)/t9-,11-/m0/s1. The molecule has 0 unspecified atom stereocenters. The molecule has 0 aliphatic rings. The van der Waals surface area contributed by atoms with Gasteiger partial charge in [0.05, 0.1) is 0 Å². The van der Waals surface area contributed by atoms with Crippen molar-refractivity contribution >= 4 is 34.9 Å². The first-order chi connectivity index (χ1) is 9.63. The molecule has 0 radical (unpaired) electrons. The molecule has 0 saturated carbocycles. The van der Waals surface area contributed by atoms with Crippen LogP contribution in [0.2, 0.25) is 0 Å². The van der Waals surface area contributed by atoms with E-state index in [-0.39, 0.29) is 11.7 Å². The zero-order valence-corrected chi connectivity index (χ0v) is 13.1. The van der Waals surface area contributed by atoms with E-state index in [1.165, 1.54) is 13.8 Å². The van der Waals surface area contributed by atoms with Crippen molar-refractivity contribution < 1.29 is 33.8 Å². The third-order valence-electron chi connectivity index (χ3n) is 2.08. The fourth-order valence-electron chi connectivity index (χ4n) is 1.16. The molecule has 2 atom stereocenters. The highest BCUT2D eigenvalue weighted by molar-refractivity contribution is 8.13. The highest BCUT2D eigenvalue weighted by Crippen LogP contribution is 2.15. The molecule has 0 saturated heterocycles. The molecule has 0 bridgehead atoms. The Morgan fingerprint density at radius 3 is 2.10 bits per heavy atom. The number of hydrogen-bond donors (Lipinski definition) is 2. The average molecular weight is 321 g/mol. The number of carboxylic acids is 1. The molecule has 1 amide bonds. The molecule has 0 aliphatic heterocycles. The van der Waals surface area contributed by atoms with Gasteiger partial charge in [0, 0.05) is 25.5 Å². The van der Waals surface area contributed by atoms with Crippen molar-refractivity contribution in [3.63, 3.8) is 0 Å². The predicted octanol–water partition coefficient (Wildman–Crippen LogP) is 0.991. The van der Waals surface area contributed by atoms with Crippen LogP contribution in [0.3, 0.4) is 0 Å². The number of carboxylic acid groups (broad SMARTS) is 1. The number of hydrogen-bond acceptors (Lipinski definition) is 7. The third-order valence-corrected chi connectivity index (χ3v) is 2.91. The van der Waals surface area contributed by atoms with Gasteiger partial charge in [0.2, 0.25) is 5.91 Å². The normalized spacial score (nSPS) is 13.2. The smallest absolute Gasteiger partial charge is 0.370 e. The van der Waals surface area contributed by atoms with Gasteiger partial charge in [0.15, 0.2) is 0 Å². The van der Waals surface area contributed by atoms with Gasteiger partial charge in [0.25, 0.3) is 6.29 Å². The average Bonchev–Trinajstić information content (AvgIpc) is 2.32. The topological polar surface area (TPSA) is 119 Å². The van der Waals surface area contributed by atoms with Gasteiger partial charge in [-0.15, -0.1) is 0 Å². The van der Waals surface area contributed by atoms with Crippen molar-refractivity contribution in [2.24, 2.45) is 5.92 Å². The minimum Gasteiger partial charge on any atom is -0.480 e. The Balaban J connectivity index is 4.42. The molecule has 0 rings (SSSR count). The molecule has 21 heavy (non-hydrogen) atoms. The lowest BCUT2D eigenvalue weighted by Gasteiger charge is -2.20. The fourth-order valence-corrected chi connectivity index (χ4v) is 1.85. The van der Waals surface area contributed by atoms with Gasteiger partial charge in [-0.1, -0.05) is 13.8 Å². The summed E-state index contributed by atoms with van der Waals surface area (Å²) in [5.41, 5.74) is 0. The first-order valence-electron chi connectivity index (χ1n) is 6.14. The first kappa shape index (κ1) is 19.2. The Kier molecular flexibility index (Phi) is 8.44. The molecular formula is C12H19NO7S. The van der Waals surface area contributed by atoms with Crippen molar-refractivity contribution in [2.75, 3.05) is 5.75 Å². The quantitative estimate of drug-likeness (QED) is 0.526. The van der Waals surface area contributed by atoms with Gasteiger partial charge in [-0.2, -0.15) is 0 Å². The van der Waals surface area contributed by atoms with Crippen molar-refractivity contribution in [3.05, 3.63) is 0 Å². The second kappa shape index (κ2) is 9.22. The summed E-state index contributed by atoms with van der Waals surface area (Å²) in [7, 11) is 0. The SMILES string of the molecule is CC(=O)N[C@@H](CSC(=O)O[C@H](OC(C)=O)C(C)C)C(=O)O. The zero-order valence-electron chi connectivity index (χ0n) is 12.2. The van der Waals surface area contributed by atoms with E-state index in [1.54, 1.807) is 13.8 Å². The summed E-state index contributed by atoms with van der Waals surface area (Å²) in [5.74, 6) is -2.81. The van der Waals surface area contributed by atoms with Crippen LogP contribution in [0, 0.1) is 5.92 Å². The lowest BCUT2D eigenvalue weighted by Crippen LogP contribution is -2.41. The molecular weight excluding hydrogens is 302 g/mol. The number of carbonyl (C=O) groups is 4. The van der Waals surface area contributed by atoms with Crippen LogP contribution in [-0.4, -0.2) is 46.3 Å². The fraction of sp³-hybridized carbons (Fsp3) is 0.667. The van der Waals surface area contributed by atoms with Crippen LogP contribution >= 0.6 is 11.8 Å². The van der Waals surface area contributed by atoms with E-state index in [0.717, 1.165) is 0 Å². The summed E-state index contributed by atoms with van der Waals surface area (Å²) in [6, 6.07) is -1.20. The Morgan fingerprint density at radius 2 is 1.71 bits per heavy atom. The van der Waals surface area contributed by atoms with Gasteiger partial charge >= 0.3 is 17.2 Å². The van der Waals surface area contributed by atoms with E-state index in [0.29, 0.717) is 11.8 Å². The number of nitrogens with one attached hydrogen (secondary N) is 1. The Bertz CT molecular complexity index is 410. The van der Waals surface area contributed by atoms with E-state index >= 15 is 0 Å². The second-order valence-corrected chi connectivity index (χ2v) is 5.45. The first-order valence-corrected chi connectivity index (χ1v) is 7.12. The maximum Gasteiger partial charge on any atom is 0.370 e. The van der Waals surface area contributed by atoms with E-state index < -0.39 is 35.5 Å². The molecule has 120 valence electrons. The number of carbonyl (C=O) groups excluding carboxylic acids is 3. The number of amides is 1. The Hall–Kier alpha value is -1.77. The van der Waals surface area contributed by atoms with E-state index in [4.69, 9.17) is 14.6 Å². The molecule has 2 N–H and O–H groups in total. The van der Waals surface area contributed by atoms with E-state index in [2.05, 4.69) is 5.32 Å². The van der Waals surface area contributed by atoms with Gasteiger partial charge in [0.1, 0.15) is 6.04 Å². The minimum absolute atomic E-state index is 0.196. The lowest BCUT2D eigenvalue weighted by molar-refractivity contribution is -0.170. The Labute approximate surface area is 126 Å². The molecule has 0 heterocycles. The highest BCUT2D eigenvalue weighted by Gasteiger charge is 2.24. The summed E-state index contributed by atoms with van der Waals surface area (Å²) < 4.78 is 9.75. The monoisotopic (exact) mass is 321 g/mol. The van der Waals surface area contributed by atoms with Crippen LogP contribution in [0.4, 0.5) is 4.79 Å². The molecule has 0 spiro atoms. The number of ether oxygens (including phenoxy) is 2. The van der Waals surface area contributed by atoms with Crippen LogP contribution in [0.5, 0.6) is 0 Å². The van der Waals surface area contributed by atoms with Crippen LogP contribution in [-0.2, 0) is 23.9 Å². The van der Waals surface area contributed by atoms with Gasteiger partial charge in [-0.05, 0) is 11.8 Å². The summed E-state index contributed by atoms with van der Waals surface area (Å²) in [6.07, 6.45) is -1.04. The molecule has 8 nitrogen and oxygen atoms in total. The summed E-state index contributed by atoms with van der Waals surface area (Å²) >= 11 is 0.580. The molecule has 0 fully saturated rings. The zero-order chi connectivity index (χ0) is 16.6. The molecule has 0 aromatic rings. The number of aliphatic carboxylic acids is 1. The summed E-state index contributed by atoms with van der Waals surface area (Å²) in [6.45, 7) is 5.76. The highest BCUT2D eigenvalue weighted by atomic mass is 32.2. The molecule has 9 heteroatoms. The third kappa shape index (κ3) is 8.90. The summed E-state index contributed by atoms with van der Waals surface area (Å²) in [5, 5.41) is 10.3. The van der Waals surface area contributed by atoms with Crippen molar-refractivity contribution in [1.29, 1.82) is 0 Å². The van der Waals surface area contributed by atoms with Crippen LogP contribution in [0.15, 0.2) is 0 Å². The van der Waals surface area contributed by atoms with Gasteiger partial charge in [-0.25, -0.2) is 9.59 Å². The van der Waals surface area contributed by atoms with Crippen LogP contribution in [0.25, 0.3) is 0 Å². The maximum absolute atomic E-state index is 11.6. The predicted molar refractivity (Wildman–Crippen MR) is 74.6 cm³/mol. The van der Waals surface area contributed by atoms with E-state index in [1.807, 2.05) is 0 Å². The second-order valence-electron chi connectivity index (χ2n) is 4.49. The molecule has 0 aromatic heterocycles. The van der Waals surface area contributed by atoms with Gasteiger partial charge < -0.3 is 19.9 Å². The van der Waals surface area contributed by atoms with Crippen LogP contribution in [0.1, 0.15) is 27.7 Å². The van der Waals surface area contributed by atoms with Crippen molar-refractivity contribution in [2.45, 2.75) is 40.0 Å². The summed E-state index contributed by atoms with van der Waals surface area (Å²) in [4.78, 5) is 44.2. The van der Waals surface area contributed by atoms with Crippen LogP contribution < -0.4 is 5.32 Å². The largest absolute Gasteiger partial charge is 0.480 e. The Morgan fingerprint density at radius 1 is 1.14 bits per heavy atom.